The number of aryl methyl sites for hydroxylation is 1. The van der Waals surface area contributed by atoms with Crippen LogP contribution < -0.4 is 5.32 Å². The van der Waals surface area contributed by atoms with Crippen LogP contribution in [0.4, 0.5) is 0 Å². The molecule has 1 amide bonds. The van der Waals surface area contributed by atoms with Gasteiger partial charge in [0.25, 0.3) is 0 Å². The molecule has 5 nitrogen and oxygen atoms in total. The van der Waals surface area contributed by atoms with E-state index in [1.807, 2.05) is 61.5 Å². The van der Waals surface area contributed by atoms with Gasteiger partial charge in [-0.25, -0.2) is 12.7 Å². The Labute approximate surface area is 206 Å². The highest BCUT2D eigenvalue weighted by molar-refractivity contribution is 7.88. The highest BCUT2D eigenvalue weighted by Gasteiger charge is 2.32. The summed E-state index contributed by atoms with van der Waals surface area (Å²) >= 11 is 5.90. The van der Waals surface area contributed by atoms with Crippen molar-refractivity contribution >= 4 is 27.5 Å². The van der Waals surface area contributed by atoms with Gasteiger partial charge in [-0.2, -0.15) is 0 Å². The lowest BCUT2D eigenvalue weighted by atomic mass is 9.92. The van der Waals surface area contributed by atoms with Gasteiger partial charge < -0.3 is 5.32 Å². The molecule has 4 rings (SSSR count). The summed E-state index contributed by atoms with van der Waals surface area (Å²) in [4.78, 5) is 13.3. The molecule has 1 N–H and O–H groups in total. The van der Waals surface area contributed by atoms with Crippen LogP contribution in [0.5, 0.6) is 0 Å². The predicted octanol–water partition coefficient (Wildman–Crippen LogP) is 5.10. The van der Waals surface area contributed by atoms with E-state index in [0.717, 1.165) is 16.7 Å². The van der Waals surface area contributed by atoms with Gasteiger partial charge in [-0.15, -0.1) is 0 Å². The summed E-state index contributed by atoms with van der Waals surface area (Å²) in [6, 6.07) is 24.6. The zero-order valence-corrected chi connectivity index (χ0v) is 20.7. The summed E-state index contributed by atoms with van der Waals surface area (Å²) in [6.45, 7) is 2.73. The van der Waals surface area contributed by atoms with Crippen LogP contribution in [0.1, 0.15) is 41.1 Å². The molecule has 3 aromatic carbocycles. The number of carbonyl (C=O) groups is 1. The van der Waals surface area contributed by atoms with Crippen molar-refractivity contribution in [3.05, 3.63) is 106 Å². The van der Waals surface area contributed by atoms with E-state index in [9.17, 15) is 13.2 Å². The number of amides is 1. The smallest absolute Gasteiger partial charge is 0.223 e. The van der Waals surface area contributed by atoms with Gasteiger partial charge in [-0.3, -0.25) is 4.79 Å². The lowest BCUT2D eigenvalue weighted by Crippen LogP contribution is -2.44. The molecule has 1 aliphatic heterocycles. The second-order valence-electron chi connectivity index (χ2n) is 8.76. The Morgan fingerprint density at radius 3 is 2.24 bits per heavy atom. The van der Waals surface area contributed by atoms with Crippen molar-refractivity contribution in [2.75, 3.05) is 13.1 Å². The summed E-state index contributed by atoms with van der Waals surface area (Å²) in [5.41, 5.74) is 3.89. The van der Waals surface area contributed by atoms with Crippen molar-refractivity contribution in [3.63, 3.8) is 0 Å². The minimum absolute atomic E-state index is 0.0353. The van der Waals surface area contributed by atoms with Gasteiger partial charge in [0.1, 0.15) is 0 Å². The average molecular weight is 497 g/mol. The molecule has 0 spiro atoms. The number of benzene rings is 3. The molecule has 34 heavy (non-hydrogen) atoms. The fraction of sp³-hybridized carbons (Fsp3) is 0.296. The molecule has 0 unspecified atom stereocenters. The van der Waals surface area contributed by atoms with Crippen LogP contribution in [-0.4, -0.2) is 31.7 Å². The molecule has 178 valence electrons. The van der Waals surface area contributed by atoms with Crippen LogP contribution in [-0.2, 0) is 20.6 Å². The van der Waals surface area contributed by atoms with E-state index in [-0.39, 0.29) is 23.6 Å². The monoisotopic (exact) mass is 496 g/mol. The predicted molar refractivity (Wildman–Crippen MR) is 136 cm³/mol. The minimum Gasteiger partial charge on any atom is -0.345 e. The Morgan fingerprint density at radius 2 is 1.59 bits per heavy atom. The summed E-state index contributed by atoms with van der Waals surface area (Å²) in [6.07, 6.45) is 1.00. The van der Waals surface area contributed by atoms with Crippen molar-refractivity contribution in [1.29, 1.82) is 0 Å². The van der Waals surface area contributed by atoms with Gasteiger partial charge in [-0.05, 0) is 54.2 Å². The number of nitrogens with one attached hydrogen (secondary N) is 1. The Balaban J connectivity index is 1.42. The summed E-state index contributed by atoms with van der Waals surface area (Å²) in [5.74, 6) is -0.325. The van der Waals surface area contributed by atoms with E-state index in [1.165, 1.54) is 4.31 Å². The van der Waals surface area contributed by atoms with E-state index in [1.54, 1.807) is 24.3 Å². The molecule has 1 saturated heterocycles. The maximum atomic E-state index is 13.3. The quantitative estimate of drug-likeness (QED) is 0.495. The number of rotatable bonds is 7. The number of sulfonamides is 1. The van der Waals surface area contributed by atoms with Crippen LogP contribution in [0.3, 0.4) is 0 Å². The third kappa shape index (κ3) is 5.87. The van der Waals surface area contributed by atoms with Gasteiger partial charge in [0.15, 0.2) is 0 Å². The fourth-order valence-electron chi connectivity index (χ4n) is 4.44. The summed E-state index contributed by atoms with van der Waals surface area (Å²) < 4.78 is 27.3. The fourth-order valence-corrected chi connectivity index (χ4v) is 6.13. The molecular formula is C27H29ClN2O3S. The van der Waals surface area contributed by atoms with Crippen LogP contribution in [0.2, 0.25) is 5.02 Å². The normalized spacial score (nSPS) is 16.2. The lowest BCUT2D eigenvalue weighted by Gasteiger charge is -2.32. The zero-order valence-electron chi connectivity index (χ0n) is 19.2. The van der Waals surface area contributed by atoms with E-state index < -0.39 is 10.0 Å². The third-order valence-electron chi connectivity index (χ3n) is 6.40. The number of hydrogen-bond donors (Lipinski definition) is 1. The van der Waals surface area contributed by atoms with Crippen LogP contribution in [0.25, 0.3) is 0 Å². The van der Waals surface area contributed by atoms with Gasteiger partial charge in [-0.1, -0.05) is 78.3 Å². The Hall–Kier alpha value is -2.67. The average Bonchev–Trinajstić information content (AvgIpc) is 2.85. The van der Waals surface area contributed by atoms with Crippen LogP contribution >= 0.6 is 11.6 Å². The topological polar surface area (TPSA) is 66.5 Å². The first kappa shape index (κ1) is 24.5. The molecule has 0 bridgehead atoms. The van der Waals surface area contributed by atoms with E-state index in [0.29, 0.717) is 36.5 Å². The van der Waals surface area contributed by atoms with E-state index in [4.69, 9.17) is 11.6 Å². The van der Waals surface area contributed by atoms with Gasteiger partial charge in [0.05, 0.1) is 11.8 Å². The maximum Gasteiger partial charge on any atom is 0.223 e. The van der Waals surface area contributed by atoms with Crippen molar-refractivity contribution in [2.45, 2.75) is 31.6 Å². The van der Waals surface area contributed by atoms with Crippen molar-refractivity contribution in [1.82, 2.24) is 9.62 Å². The molecule has 0 radical (unpaired) electrons. The van der Waals surface area contributed by atoms with Crippen LogP contribution in [0, 0.1) is 12.8 Å². The second-order valence-corrected chi connectivity index (χ2v) is 11.2. The number of hydrogen-bond acceptors (Lipinski definition) is 3. The number of carbonyl (C=O) groups excluding carboxylic acids is 1. The molecule has 0 aliphatic carbocycles. The molecule has 0 saturated carbocycles. The number of piperidine rings is 1. The molecule has 1 atom stereocenters. The zero-order chi connectivity index (χ0) is 24.1. The van der Waals surface area contributed by atoms with E-state index in [2.05, 4.69) is 5.32 Å². The number of nitrogens with zero attached hydrogens (tertiary/aromatic N) is 1. The highest BCUT2D eigenvalue weighted by atomic mass is 35.5. The Bertz CT molecular complexity index is 1220. The van der Waals surface area contributed by atoms with Crippen molar-refractivity contribution in [3.8, 4) is 0 Å². The second kappa shape index (κ2) is 10.7. The molecule has 3 aromatic rings. The summed E-state index contributed by atoms with van der Waals surface area (Å²) in [5, 5.41) is 3.82. The Kier molecular flexibility index (Phi) is 7.71. The van der Waals surface area contributed by atoms with Gasteiger partial charge >= 0.3 is 0 Å². The molecule has 1 fully saturated rings. The first-order valence-corrected chi connectivity index (χ1v) is 13.5. The SMILES string of the molecule is Cc1ccccc1[C@H](NC(=O)C1CCN(S(=O)(=O)Cc2ccc(Cl)cc2)CC1)c1ccccc1. The van der Waals surface area contributed by atoms with Crippen molar-refractivity contribution in [2.24, 2.45) is 5.92 Å². The van der Waals surface area contributed by atoms with E-state index >= 15 is 0 Å². The molecular weight excluding hydrogens is 468 g/mol. The van der Waals surface area contributed by atoms with Gasteiger partial charge in [0, 0.05) is 24.0 Å². The van der Waals surface area contributed by atoms with Crippen molar-refractivity contribution < 1.29 is 13.2 Å². The highest BCUT2D eigenvalue weighted by Crippen LogP contribution is 2.27. The Morgan fingerprint density at radius 1 is 0.971 bits per heavy atom. The third-order valence-corrected chi connectivity index (χ3v) is 8.50. The molecule has 7 heteroatoms. The maximum absolute atomic E-state index is 13.3. The minimum atomic E-state index is -3.45. The first-order chi connectivity index (χ1) is 16.3. The lowest BCUT2D eigenvalue weighted by molar-refractivity contribution is -0.126. The molecule has 1 aliphatic rings. The molecule has 0 aromatic heterocycles. The first-order valence-electron chi connectivity index (χ1n) is 11.5. The molecule has 1 heterocycles. The largest absolute Gasteiger partial charge is 0.345 e. The van der Waals surface area contributed by atoms with Crippen LogP contribution in [0.15, 0.2) is 78.9 Å². The standard InChI is InChI=1S/C27H29ClN2O3S/c1-20-7-5-6-10-25(20)26(22-8-3-2-4-9-22)29-27(31)23-15-17-30(18-16-23)34(32,33)19-21-11-13-24(28)14-12-21/h2-14,23,26H,15-19H2,1H3,(H,29,31)/t26-/m1/s1. The van der Waals surface area contributed by atoms with Gasteiger partial charge in [0.2, 0.25) is 15.9 Å². The number of halogens is 1. The summed E-state index contributed by atoms with van der Waals surface area (Å²) in [7, 11) is -3.45.